The predicted molar refractivity (Wildman–Crippen MR) is 101 cm³/mol. The second-order valence-corrected chi connectivity index (χ2v) is 6.48. The molecule has 0 saturated heterocycles. The quantitative estimate of drug-likeness (QED) is 0.571. The van der Waals surface area contributed by atoms with E-state index >= 15 is 0 Å². The number of hydrogen-bond donors (Lipinski definition) is 1. The van der Waals surface area contributed by atoms with Crippen LogP contribution in [-0.2, 0) is 13.2 Å². The minimum absolute atomic E-state index is 0.0363. The number of nitrogens with zero attached hydrogens (tertiary/aromatic N) is 3. The number of amides is 1. The van der Waals surface area contributed by atoms with E-state index in [-0.39, 0.29) is 30.0 Å². The Bertz CT molecular complexity index is 933. The van der Waals surface area contributed by atoms with E-state index in [2.05, 4.69) is 15.6 Å². The van der Waals surface area contributed by atoms with Crippen molar-refractivity contribution in [3.63, 3.8) is 0 Å². The lowest BCUT2D eigenvalue weighted by atomic mass is 10.1. The molecular weight excluding hydrogens is 360 g/mol. The minimum atomic E-state index is -0.304. The fourth-order valence-corrected chi connectivity index (χ4v) is 2.58. The zero-order valence-corrected chi connectivity index (χ0v) is 15.8. The van der Waals surface area contributed by atoms with Gasteiger partial charge in [0.2, 0.25) is 0 Å². The van der Waals surface area contributed by atoms with Crippen LogP contribution >= 0.6 is 0 Å². The molecule has 8 nitrogen and oxygen atoms in total. The molecule has 0 fully saturated rings. The van der Waals surface area contributed by atoms with Crippen molar-refractivity contribution >= 4 is 11.7 Å². The van der Waals surface area contributed by atoms with Crippen molar-refractivity contribution < 1.29 is 18.8 Å². The standard InChI is InChI=1S/C20H22N4O4/c1-14(7-10-24-9-4-8-21-24)22-20(26)19-12-18(28-23-19)13-27-17-6-3-5-16(11-17)15(2)25/h3-6,8-9,11-12,14H,7,10,13H2,1-2H3,(H,22,26)/t14-/m1/s1. The van der Waals surface area contributed by atoms with Gasteiger partial charge in [-0.3, -0.25) is 14.3 Å². The first-order valence-electron chi connectivity index (χ1n) is 8.99. The molecule has 0 bridgehead atoms. The van der Waals surface area contributed by atoms with Crippen molar-refractivity contribution in [3.8, 4) is 5.75 Å². The first kappa shape index (κ1) is 19.3. The van der Waals surface area contributed by atoms with Crippen LogP contribution in [0.1, 0.15) is 46.9 Å². The van der Waals surface area contributed by atoms with E-state index < -0.39 is 0 Å². The predicted octanol–water partition coefficient (Wildman–Crippen LogP) is 2.86. The summed E-state index contributed by atoms with van der Waals surface area (Å²) in [6.45, 7) is 4.24. The number of carbonyl (C=O) groups is 2. The van der Waals surface area contributed by atoms with Gasteiger partial charge in [-0.2, -0.15) is 5.10 Å². The maximum Gasteiger partial charge on any atom is 0.273 e. The van der Waals surface area contributed by atoms with Gasteiger partial charge in [-0.1, -0.05) is 17.3 Å². The monoisotopic (exact) mass is 382 g/mol. The van der Waals surface area contributed by atoms with Gasteiger partial charge in [0.05, 0.1) is 0 Å². The maximum absolute atomic E-state index is 12.3. The molecule has 146 valence electrons. The van der Waals surface area contributed by atoms with Crippen LogP contribution in [0, 0.1) is 0 Å². The number of rotatable bonds is 9. The molecular formula is C20H22N4O4. The van der Waals surface area contributed by atoms with Gasteiger partial charge in [-0.05, 0) is 38.5 Å². The van der Waals surface area contributed by atoms with E-state index in [4.69, 9.17) is 9.26 Å². The van der Waals surface area contributed by atoms with Crippen molar-refractivity contribution in [1.29, 1.82) is 0 Å². The van der Waals surface area contributed by atoms with Crippen LogP contribution in [0.4, 0.5) is 0 Å². The van der Waals surface area contributed by atoms with Crippen LogP contribution in [-0.4, -0.2) is 32.7 Å². The number of Topliss-reactive ketones (excluding diaryl/α,β-unsaturated/α-hetero) is 1. The molecule has 0 spiro atoms. The zero-order valence-electron chi connectivity index (χ0n) is 15.8. The van der Waals surface area contributed by atoms with Gasteiger partial charge in [0.15, 0.2) is 17.2 Å². The Morgan fingerprint density at radius 1 is 1.29 bits per heavy atom. The highest BCUT2D eigenvalue weighted by Crippen LogP contribution is 2.16. The van der Waals surface area contributed by atoms with Crippen LogP contribution in [0.5, 0.6) is 5.75 Å². The molecule has 2 heterocycles. The summed E-state index contributed by atoms with van der Waals surface area (Å²) in [6.07, 6.45) is 4.34. The van der Waals surface area contributed by atoms with Crippen LogP contribution in [0.15, 0.2) is 53.3 Å². The van der Waals surface area contributed by atoms with Crippen molar-refractivity contribution in [1.82, 2.24) is 20.3 Å². The van der Waals surface area contributed by atoms with Gasteiger partial charge in [-0.25, -0.2) is 0 Å². The van der Waals surface area contributed by atoms with Crippen LogP contribution < -0.4 is 10.1 Å². The Labute approximate surface area is 162 Å². The van der Waals surface area contributed by atoms with Crippen LogP contribution in [0.25, 0.3) is 0 Å². The number of carbonyl (C=O) groups excluding carboxylic acids is 2. The van der Waals surface area contributed by atoms with Gasteiger partial charge in [-0.15, -0.1) is 0 Å². The average molecular weight is 382 g/mol. The molecule has 3 aromatic rings. The fraction of sp³-hybridized carbons (Fsp3) is 0.300. The van der Waals surface area contributed by atoms with E-state index in [9.17, 15) is 9.59 Å². The van der Waals surface area contributed by atoms with Gasteiger partial charge >= 0.3 is 0 Å². The Kier molecular flexibility index (Phi) is 6.21. The molecule has 8 heteroatoms. The SMILES string of the molecule is CC(=O)c1cccc(OCc2cc(C(=O)N[C@H](C)CCn3cccn3)no2)c1. The van der Waals surface area contributed by atoms with Gasteiger partial charge in [0.25, 0.3) is 5.91 Å². The molecule has 0 aliphatic rings. The molecule has 2 aromatic heterocycles. The molecule has 0 aliphatic carbocycles. The molecule has 1 aromatic carbocycles. The zero-order chi connectivity index (χ0) is 19.9. The van der Waals surface area contributed by atoms with Crippen molar-refractivity contribution in [3.05, 3.63) is 65.8 Å². The smallest absolute Gasteiger partial charge is 0.273 e. The summed E-state index contributed by atoms with van der Waals surface area (Å²) in [6, 6.07) is 10.2. The third kappa shape index (κ3) is 5.29. The summed E-state index contributed by atoms with van der Waals surface area (Å²) in [5.41, 5.74) is 0.765. The number of nitrogens with one attached hydrogen (secondary N) is 1. The Hall–Kier alpha value is -3.42. The molecule has 0 radical (unpaired) electrons. The highest BCUT2D eigenvalue weighted by molar-refractivity contribution is 5.94. The van der Waals surface area contributed by atoms with Gasteiger partial charge in [0, 0.05) is 36.6 Å². The Morgan fingerprint density at radius 2 is 2.14 bits per heavy atom. The van der Waals surface area contributed by atoms with Gasteiger partial charge in [0.1, 0.15) is 12.4 Å². The largest absolute Gasteiger partial charge is 0.486 e. The van der Waals surface area contributed by atoms with E-state index in [0.717, 1.165) is 6.42 Å². The Morgan fingerprint density at radius 3 is 2.89 bits per heavy atom. The van der Waals surface area contributed by atoms with E-state index in [0.29, 0.717) is 23.6 Å². The number of aryl methyl sites for hydroxylation is 1. The lowest BCUT2D eigenvalue weighted by molar-refractivity contribution is 0.0927. The van der Waals surface area contributed by atoms with Crippen LogP contribution in [0.3, 0.4) is 0 Å². The molecule has 28 heavy (non-hydrogen) atoms. The number of ether oxygens (including phenoxy) is 1. The summed E-state index contributed by atoms with van der Waals surface area (Å²) in [5, 5.41) is 10.8. The number of hydrogen-bond acceptors (Lipinski definition) is 6. The lowest BCUT2D eigenvalue weighted by Crippen LogP contribution is -2.33. The second-order valence-electron chi connectivity index (χ2n) is 6.48. The Balaban J connectivity index is 1.49. The highest BCUT2D eigenvalue weighted by Gasteiger charge is 2.15. The lowest BCUT2D eigenvalue weighted by Gasteiger charge is -2.12. The van der Waals surface area contributed by atoms with Crippen molar-refractivity contribution in [2.45, 2.75) is 39.5 Å². The van der Waals surface area contributed by atoms with E-state index in [1.165, 1.54) is 6.92 Å². The van der Waals surface area contributed by atoms with Crippen LogP contribution in [0.2, 0.25) is 0 Å². The second kappa shape index (κ2) is 8.98. The molecule has 1 atom stereocenters. The normalized spacial score (nSPS) is 11.8. The third-order valence-electron chi connectivity index (χ3n) is 4.14. The molecule has 1 amide bonds. The summed E-state index contributed by atoms with van der Waals surface area (Å²) < 4.78 is 12.6. The first-order valence-corrected chi connectivity index (χ1v) is 8.99. The van der Waals surface area contributed by atoms with Crippen molar-refractivity contribution in [2.24, 2.45) is 0 Å². The summed E-state index contributed by atoms with van der Waals surface area (Å²) in [5.74, 6) is 0.622. The first-order chi connectivity index (χ1) is 13.5. The number of ketones is 1. The molecule has 3 rings (SSSR count). The minimum Gasteiger partial charge on any atom is -0.486 e. The average Bonchev–Trinajstić information content (AvgIpc) is 3.37. The maximum atomic E-state index is 12.3. The number of aromatic nitrogens is 3. The summed E-state index contributed by atoms with van der Waals surface area (Å²) >= 11 is 0. The highest BCUT2D eigenvalue weighted by atomic mass is 16.5. The van der Waals surface area contributed by atoms with Gasteiger partial charge < -0.3 is 14.6 Å². The molecule has 0 unspecified atom stereocenters. The summed E-state index contributed by atoms with van der Waals surface area (Å²) in [7, 11) is 0. The summed E-state index contributed by atoms with van der Waals surface area (Å²) in [4.78, 5) is 23.7. The van der Waals surface area contributed by atoms with E-state index in [1.807, 2.05) is 23.9 Å². The van der Waals surface area contributed by atoms with Crippen molar-refractivity contribution in [2.75, 3.05) is 0 Å². The molecule has 1 N–H and O–H groups in total. The topological polar surface area (TPSA) is 99.2 Å². The fourth-order valence-electron chi connectivity index (χ4n) is 2.58. The molecule has 0 saturated carbocycles. The molecule has 0 aliphatic heterocycles. The van der Waals surface area contributed by atoms with E-state index in [1.54, 1.807) is 36.5 Å². The number of benzene rings is 1. The third-order valence-corrected chi connectivity index (χ3v) is 4.14.